The maximum Gasteiger partial charge on any atom is 0.231 e. The Bertz CT molecular complexity index is 607. The number of aromatic nitrogens is 2. The fourth-order valence-corrected chi connectivity index (χ4v) is 1.98. The van der Waals surface area contributed by atoms with Crippen molar-refractivity contribution in [1.29, 1.82) is 0 Å². The maximum absolute atomic E-state index is 12.0. The summed E-state index contributed by atoms with van der Waals surface area (Å²) >= 11 is 0. The fourth-order valence-electron chi connectivity index (χ4n) is 1.98. The summed E-state index contributed by atoms with van der Waals surface area (Å²) < 4.78 is 0. The number of rotatable bonds is 3. The molecule has 1 saturated carbocycles. The molecule has 92 valence electrons. The molecule has 3 N–H and O–H groups in total. The Hall–Kier alpha value is -2.01. The van der Waals surface area contributed by atoms with E-state index in [2.05, 4.69) is 15.3 Å². The lowest BCUT2D eigenvalue weighted by Crippen LogP contribution is -2.30. The van der Waals surface area contributed by atoms with E-state index in [1.807, 2.05) is 18.2 Å². The lowest BCUT2D eigenvalue weighted by atomic mass is 10.1. The first-order chi connectivity index (χ1) is 8.73. The van der Waals surface area contributed by atoms with Crippen LogP contribution in [0.15, 0.2) is 30.6 Å². The zero-order valence-corrected chi connectivity index (χ0v) is 9.89. The number of nitrogens with one attached hydrogen (secondary N) is 1. The third-order valence-electron chi connectivity index (χ3n) is 3.45. The van der Waals surface area contributed by atoms with Gasteiger partial charge < -0.3 is 11.1 Å². The molecule has 18 heavy (non-hydrogen) atoms. The van der Waals surface area contributed by atoms with E-state index in [0.717, 1.165) is 29.6 Å². The highest BCUT2D eigenvalue weighted by Crippen LogP contribution is 2.45. The molecule has 1 aromatic carbocycles. The van der Waals surface area contributed by atoms with Crippen LogP contribution in [0.2, 0.25) is 0 Å². The minimum absolute atomic E-state index is 0.00763. The van der Waals surface area contributed by atoms with Gasteiger partial charge in [-0.05, 0) is 31.0 Å². The second kappa shape index (κ2) is 4.03. The van der Waals surface area contributed by atoms with Crippen molar-refractivity contribution >= 4 is 22.6 Å². The second-order valence-corrected chi connectivity index (χ2v) is 4.70. The van der Waals surface area contributed by atoms with Crippen molar-refractivity contribution < 1.29 is 4.79 Å². The largest absolute Gasteiger partial charge is 0.329 e. The average Bonchev–Trinajstić information content (AvgIpc) is 3.19. The van der Waals surface area contributed by atoms with Gasteiger partial charge >= 0.3 is 0 Å². The Balaban J connectivity index is 1.85. The van der Waals surface area contributed by atoms with Crippen LogP contribution < -0.4 is 11.1 Å². The molecule has 5 heteroatoms. The maximum atomic E-state index is 12.0. The van der Waals surface area contributed by atoms with Crippen LogP contribution in [-0.4, -0.2) is 22.4 Å². The van der Waals surface area contributed by atoms with Gasteiger partial charge in [-0.2, -0.15) is 0 Å². The smallest absolute Gasteiger partial charge is 0.231 e. The molecule has 1 aliphatic rings. The van der Waals surface area contributed by atoms with Crippen LogP contribution in [0.1, 0.15) is 12.8 Å². The fraction of sp³-hybridized carbons (Fsp3) is 0.308. The molecule has 1 amide bonds. The van der Waals surface area contributed by atoms with Gasteiger partial charge in [-0.25, -0.2) is 0 Å². The van der Waals surface area contributed by atoms with E-state index >= 15 is 0 Å². The van der Waals surface area contributed by atoms with Crippen LogP contribution >= 0.6 is 0 Å². The third kappa shape index (κ3) is 1.82. The molecular weight excluding hydrogens is 228 g/mol. The van der Waals surface area contributed by atoms with Gasteiger partial charge in [0.25, 0.3) is 0 Å². The molecule has 3 rings (SSSR count). The molecule has 0 bridgehead atoms. The van der Waals surface area contributed by atoms with E-state index < -0.39 is 0 Å². The van der Waals surface area contributed by atoms with Crippen molar-refractivity contribution in [2.45, 2.75) is 12.8 Å². The number of fused-ring (bicyclic) bond motifs is 1. The number of nitrogens with two attached hydrogens (primary N) is 1. The topological polar surface area (TPSA) is 80.9 Å². The van der Waals surface area contributed by atoms with Gasteiger partial charge in [-0.3, -0.25) is 14.8 Å². The summed E-state index contributed by atoms with van der Waals surface area (Å²) in [6, 6.07) is 5.51. The number of carbonyl (C=O) groups excluding carboxylic acids is 1. The zero-order valence-electron chi connectivity index (χ0n) is 9.89. The highest BCUT2D eigenvalue weighted by Gasteiger charge is 2.48. The molecule has 2 aromatic rings. The van der Waals surface area contributed by atoms with Crippen LogP contribution in [0.25, 0.3) is 11.0 Å². The van der Waals surface area contributed by atoms with E-state index in [1.54, 1.807) is 12.4 Å². The Morgan fingerprint density at radius 1 is 1.28 bits per heavy atom. The predicted molar refractivity (Wildman–Crippen MR) is 68.9 cm³/mol. The molecule has 0 aliphatic heterocycles. The highest BCUT2D eigenvalue weighted by molar-refractivity contribution is 5.98. The quantitative estimate of drug-likeness (QED) is 0.850. The standard InChI is InChI=1S/C13H14N4O/c14-8-13(3-4-13)12(18)17-9-1-2-10-11(7-9)16-6-5-15-10/h1-2,5-7H,3-4,8,14H2,(H,17,18). The summed E-state index contributed by atoms with van der Waals surface area (Å²) in [5.74, 6) is 0.00763. The Morgan fingerprint density at radius 3 is 2.67 bits per heavy atom. The molecule has 0 unspecified atom stereocenters. The molecule has 0 radical (unpaired) electrons. The SMILES string of the molecule is NCC1(C(=O)Nc2ccc3nccnc3c2)CC1. The van der Waals surface area contributed by atoms with Gasteiger partial charge in [0, 0.05) is 24.6 Å². The molecule has 1 fully saturated rings. The van der Waals surface area contributed by atoms with Crippen molar-refractivity contribution in [1.82, 2.24) is 9.97 Å². The van der Waals surface area contributed by atoms with Crippen LogP contribution in [0.3, 0.4) is 0 Å². The van der Waals surface area contributed by atoms with Gasteiger partial charge in [-0.15, -0.1) is 0 Å². The van der Waals surface area contributed by atoms with E-state index in [-0.39, 0.29) is 11.3 Å². The van der Waals surface area contributed by atoms with Crippen molar-refractivity contribution in [3.05, 3.63) is 30.6 Å². The Kier molecular flexibility index (Phi) is 2.48. The number of benzene rings is 1. The average molecular weight is 242 g/mol. The molecule has 0 atom stereocenters. The van der Waals surface area contributed by atoms with E-state index in [1.165, 1.54) is 0 Å². The Morgan fingerprint density at radius 2 is 2.00 bits per heavy atom. The summed E-state index contributed by atoms with van der Waals surface area (Å²) in [7, 11) is 0. The summed E-state index contributed by atoms with van der Waals surface area (Å²) in [6.45, 7) is 0.409. The molecule has 1 heterocycles. The molecular formula is C13H14N4O. The minimum atomic E-state index is -0.336. The van der Waals surface area contributed by atoms with Crippen LogP contribution in [0.4, 0.5) is 5.69 Å². The minimum Gasteiger partial charge on any atom is -0.329 e. The first-order valence-electron chi connectivity index (χ1n) is 5.96. The number of nitrogens with zero attached hydrogens (tertiary/aromatic N) is 2. The summed E-state index contributed by atoms with van der Waals surface area (Å²) in [5, 5.41) is 2.90. The third-order valence-corrected chi connectivity index (χ3v) is 3.45. The van der Waals surface area contributed by atoms with Crippen molar-refractivity contribution in [2.75, 3.05) is 11.9 Å². The monoisotopic (exact) mass is 242 g/mol. The van der Waals surface area contributed by atoms with Gasteiger partial charge in [0.1, 0.15) is 0 Å². The predicted octanol–water partition coefficient (Wildman–Crippen LogP) is 1.31. The lowest BCUT2D eigenvalue weighted by Gasteiger charge is -2.12. The first-order valence-corrected chi connectivity index (χ1v) is 5.96. The summed E-state index contributed by atoms with van der Waals surface area (Å²) in [4.78, 5) is 20.4. The summed E-state index contributed by atoms with van der Waals surface area (Å²) in [6.07, 6.45) is 5.04. The number of carbonyl (C=O) groups is 1. The van der Waals surface area contributed by atoms with Crippen LogP contribution in [0, 0.1) is 5.41 Å². The number of hydrogen-bond donors (Lipinski definition) is 2. The summed E-state index contributed by atoms with van der Waals surface area (Å²) in [5.41, 5.74) is 7.62. The molecule has 1 aromatic heterocycles. The van der Waals surface area contributed by atoms with Crippen LogP contribution in [0.5, 0.6) is 0 Å². The van der Waals surface area contributed by atoms with Gasteiger partial charge in [0.05, 0.1) is 16.4 Å². The van der Waals surface area contributed by atoms with E-state index in [4.69, 9.17) is 5.73 Å². The normalized spacial score (nSPS) is 16.5. The van der Waals surface area contributed by atoms with E-state index in [0.29, 0.717) is 6.54 Å². The first kappa shape index (κ1) is 11.1. The van der Waals surface area contributed by atoms with Crippen molar-refractivity contribution in [3.8, 4) is 0 Å². The molecule has 5 nitrogen and oxygen atoms in total. The zero-order chi connectivity index (χ0) is 12.6. The number of anilines is 1. The van der Waals surface area contributed by atoms with Gasteiger partial charge in [0.2, 0.25) is 5.91 Å². The lowest BCUT2D eigenvalue weighted by molar-refractivity contribution is -0.120. The van der Waals surface area contributed by atoms with Crippen LogP contribution in [-0.2, 0) is 4.79 Å². The van der Waals surface area contributed by atoms with Gasteiger partial charge in [-0.1, -0.05) is 0 Å². The van der Waals surface area contributed by atoms with E-state index in [9.17, 15) is 4.79 Å². The number of hydrogen-bond acceptors (Lipinski definition) is 4. The van der Waals surface area contributed by atoms with Gasteiger partial charge in [0.15, 0.2) is 0 Å². The molecule has 1 aliphatic carbocycles. The Labute approximate surface area is 104 Å². The second-order valence-electron chi connectivity index (χ2n) is 4.70. The van der Waals surface area contributed by atoms with Crippen molar-refractivity contribution in [2.24, 2.45) is 11.1 Å². The molecule has 0 saturated heterocycles. The number of amides is 1. The highest BCUT2D eigenvalue weighted by atomic mass is 16.2. The molecule has 0 spiro atoms. The van der Waals surface area contributed by atoms with Crippen molar-refractivity contribution in [3.63, 3.8) is 0 Å².